The van der Waals surface area contributed by atoms with Crippen LogP contribution in [0.3, 0.4) is 0 Å². The first kappa shape index (κ1) is 16.9. The number of hydrogen-bond donors (Lipinski definition) is 2. The van der Waals surface area contributed by atoms with Crippen LogP contribution in [0.5, 0.6) is 0 Å². The molecule has 1 aromatic carbocycles. The fourth-order valence-corrected chi connectivity index (χ4v) is 3.18. The van der Waals surface area contributed by atoms with Crippen molar-refractivity contribution in [1.29, 1.82) is 0 Å². The SMILES string of the molecule is CCNC(CC)C(=O)Nc1ncc(Cc2ccccc2Cl)s1.[HH]. The fraction of sp³-hybridized carbons (Fsp3) is 0.375. The van der Waals surface area contributed by atoms with Crippen molar-refractivity contribution in [3.05, 3.63) is 45.9 Å². The van der Waals surface area contributed by atoms with Gasteiger partial charge >= 0.3 is 0 Å². The average molecular weight is 340 g/mol. The van der Waals surface area contributed by atoms with Crippen LogP contribution in [0.2, 0.25) is 5.02 Å². The Morgan fingerprint density at radius 3 is 2.86 bits per heavy atom. The number of carbonyl (C=O) groups is 1. The average Bonchev–Trinajstić information content (AvgIpc) is 2.94. The highest BCUT2D eigenvalue weighted by atomic mass is 35.5. The van der Waals surface area contributed by atoms with E-state index in [4.69, 9.17) is 11.6 Å². The lowest BCUT2D eigenvalue weighted by molar-refractivity contribution is -0.118. The van der Waals surface area contributed by atoms with Gasteiger partial charge in [0.15, 0.2) is 5.13 Å². The molecule has 0 saturated heterocycles. The summed E-state index contributed by atoms with van der Waals surface area (Å²) in [5.74, 6) is -0.0389. The number of nitrogens with zero attached hydrogens (tertiary/aromatic N) is 1. The first-order chi connectivity index (χ1) is 10.6. The number of halogens is 1. The van der Waals surface area contributed by atoms with Gasteiger partial charge in [-0.25, -0.2) is 4.98 Å². The summed E-state index contributed by atoms with van der Waals surface area (Å²) in [5, 5.41) is 7.40. The first-order valence-electron chi connectivity index (χ1n) is 7.36. The quantitative estimate of drug-likeness (QED) is 0.802. The predicted octanol–water partition coefficient (Wildman–Crippen LogP) is 3.96. The zero-order valence-corrected chi connectivity index (χ0v) is 14.3. The van der Waals surface area contributed by atoms with Gasteiger partial charge in [0.2, 0.25) is 5.91 Å². The van der Waals surface area contributed by atoms with Crippen molar-refractivity contribution in [1.82, 2.24) is 10.3 Å². The largest absolute Gasteiger partial charge is 0.306 e. The van der Waals surface area contributed by atoms with Crippen molar-refractivity contribution < 1.29 is 6.22 Å². The molecule has 0 aliphatic heterocycles. The highest BCUT2D eigenvalue weighted by molar-refractivity contribution is 7.15. The van der Waals surface area contributed by atoms with Crippen LogP contribution in [0.1, 0.15) is 32.1 Å². The summed E-state index contributed by atoms with van der Waals surface area (Å²) >= 11 is 7.65. The lowest BCUT2D eigenvalue weighted by Gasteiger charge is -2.13. The second kappa shape index (κ2) is 8.27. The van der Waals surface area contributed by atoms with E-state index < -0.39 is 0 Å². The van der Waals surface area contributed by atoms with Gasteiger partial charge in [-0.3, -0.25) is 4.79 Å². The number of thiazole rings is 1. The second-order valence-electron chi connectivity index (χ2n) is 4.91. The number of aromatic nitrogens is 1. The summed E-state index contributed by atoms with van der Waals surface area (Å²) in [6.45, 7) is 4.74. The van der Waals surface area contributed by atoms with Crippen LogP contribution in [0.15, 0.2) is 30.5 Å². The Labute approximate surface area is 141 Å². The number of anilines is 1. The number of hydrogen-bond acceptors (Lipinski definition) is 4. The smallest absolute Gasteiger partial charge is 0.243 e. The van der Waals surface area contributed by atoms with E-state index in [2.05, 4.69) is 15.6 Å². The molecule has 1 aromatic heterocycles. The lowest BCUT2D eigenvalue weighted by Crippen LogP contribution is -2.39. The predicted molar refractivity (Wildman–Crippen MR) is 94.9 cm³/mol. The molecule has 0 aliphatic carbocycles. The lowest BCUT2D eigenvalue weighted by atomic mass is 10.1. The van der Waals surface area contributed by atoms with Crippen LogP contribution < -0.4 is 10.6 Å². The molecule has 1 heterocycles. The van der Waals surface area contributed by atoms with E-state index in [1.807, 2.05) is 38.1 Å². The van der Waals surface area contributed by atoms with Gasteiger partial charge in [-0.15, -0.1) is 11.3 Å². The normalized spacial score (nSPS) is 12.1. The Kier molecular flexibility index (Phi) is 6.36. The number of amides is 1. The van der Waals surface area contributed by atoms with Crippen molar-refractivity contribution in [2.45, 2.75) is 32.7 Å². The third-order valence-electron chi connectivity index (χ3n) is 3.28. The minimum absolute atomic E-state index is 0. The molecule has 2 aromatic rings. The molecule has 1 unspecified atom stereocenters. The highest BCUT2D eigenvalue weighted by Crippen LogP contribution is 2.24. The van der Waals surface area contributed by atoms with Crippen LogP contribution >= 0.6 is 22.9 Å². The van der Waals surface area contributed by atoms with E-state index in [9.17, 15) is 4.79 Å². The summed E-state index contributed by atoms with van der Waals surface area (Å²) < 4.78 is 0. The Morgan fingerprint density at radius 2 is 2.18 bits per heavy atom. The van der Waals surface area contributed by atoms with Crippen LogP contribution in [-0.2, 0) is 11.2 Å². The zero-order chi connectivity index (χ0) is 15.9. The zero-order valence-electron chi connectivity index (χ0n) is 12.7. The van der Waals surface area contributed by atoms with Crippen molar-refractivity contribution in [3.8, 4) is 0 Å². The van der Waals surface area contributed by atoms with Crippen molar-refractivity contribution in [2.24, 2.45) is 0 Å². The second-order valence-corrected chi connectivity index (χ2v) is 6.43. The molecule has 120 valence electrons. The molecule has 22 heavy (non-hydrogen) atoms. The molecule has 0 saturated carbocycles. The summed E-state index contributed by atoms with van der Waals surface area (Å²) in [4.78, 5) is 17.5. The van der Waals surface area contributed by atoms with Gasteiger partial charge in [-0.05, 0) is 24.6 Å². The van der Waals surface area contributed by atoms with Gasteiger partial charge in [-0.2, -0.15) is 0 Å². The molecule has 2 rings (SSSR count). The Morgan fingerprint density at radius 1 is 1.41 bits per heavy atom. The van der Waals surface area contributed by atoms with E-state index in [0.717, 1.165) is 34.8 Å². The molecule has 2 N–H and O–H groups in total. The van der Waals surface area contributed by atoms with E-state index >= 15 is 0 Å². The Balaban J connectivity index is 0.00000264. The molecule has 0 bridgehead atoms. The summed E-state index contributed by atoms with van der Waals surface area (Å²) in [7, 11) is 0. The molecule has 0 fully saturated rings. The van der Waals surface area contributed by atoms with Crippen molar-refractivity contribution in [3.63, 3.8) is 0 Å². The Bertz CT molecular complexity index is 635. The van der Waals surface area contributed by atoms with E-state index in [0.29, 0.717) is 5.13 Å². The number of carbonyl (C=O) groups excluding carboxylic acids is 1. The molecule has 1 amide bonds. The standard InChI is InChI=1S/C16H20ClN3OS.H2/c1-3-14(18-4-2)15(21)20-16-19-10-12(22-16)9-11-7-5-6-8-13(11)17;/h5-8,10,14,18H,3-4,9H2,1-2H3,(H,19,20,21);1H. The van der Waals surface area contributed by atoms with E-state index in [-0.39, 0.29) is 13.4 Å². The maximum atomic E-state index is 12.1. The van der Waals surface area contributed by atoms with Gasteiger partial charge in [0, 0.05) is 23.9 Å². The molecule has 6 heteroatoms. The van der Waals surface area contributed by atoms with Gasteiger partial charge in [0.25, 0.3) is 0 Å². The van der Waals surface area contributed by atoms with Gasteiger partial charge in [0.1, 0.15) is 0 Å². The molecular weight excluding hydrogens is 318 g/mol. The summed E-state index contributed by atoms with van der Waals surface area (Å²) in [6.07, 6.45) is 3.26. The number of benzene rings is 1. The fourth-order valence-electron chi connectivity index (χ4n) is 2.14. The van der Waals surface area contributed by atoms with E-state index in [1.54, 1.807) is 6.20 Å². The Hall–Kier alpha value is -1.43. The molecular formula is C16H22ClN3OS. The van der Waals surface area contributed by atoms with E-state index in [1.165, 1.54) is 11.3 Å². The maximum Gasteiger partial charge on any atom is 0.243 e. The molecule has 0 aliphatic rings. The van der Waals surface area contributed by atoms with Crippen molar-refractivity contribution >= 4 is 34.0 Å². The van der Waals surface area contributed by atoms with Crippen LogP contribution in [0, 0.1) is 0 Å². The summed E-state index contributed by atoms with van der Waals surface area (Å²) in [5.41, 5.74) is 1.06. The number of likely N-dealkylation sites (N-methyl/N-ethyl adjacent to an activating group) is 1. The first-order valence-corrected chi connectivity index (χ1v) is 8.55. The minimum Gasteiger partial charge on any atom is -0.306 e. The minimum atomic E-state index is -0.180. The van der Waals surface area contributed by atoms with Crippen LogP contribution in [-0.4, -0.2) is 23.5 Å². The third-order valence-corrected chi connectivity index (χ3v) is 4.56. The highest BCUT2D eigenvalue weighted by Gasteiger charge is 2.16. The van der Waals surface area contributed by atoms with Crippen LogP contribution in [0.25, 0.3) is 0 Å². The molecule has 0 radical (unpaired) electrons. The van der Waals surface area contributed by atoms with Gasteiger partial charge in [0.05, 0.1) is 6.04 Å². The number of rotatable bonds is 7. The maximum absolute atomic E-state index is 12.1. The molecule has 0 spiro atoms. The van der Waals surface area contributed by atoms with Crippen molar-refractivity contribution in [2.75, 3.05) is 11.9 Å². The molecule has 1 atom stereocenters. The number of nitrogens with one attached hydrogen (secondary N) is 2. The summed E-state index contributed by atoms with van der Waals surface area (Å²) in [6, 6.07) is 7.57. The monoisotopic (exact) mass is 339 g/mol. The third kappa shape index (κ3) is 4.53. The topological polar surface area (TPSA) is 54.0 Å². The van der Waals surface area contributed by atoms with Gasteiger partial charge in [-0.1, -0.05) is 43.6 Å². The molecule has 4 nitrogen and oxygen atoms in total. The van der Waals surface area contributed by atoms with Crippen LogP contribution in [0.4, 0.5) is 5.13 Å². The van der Waals surface area contributed by atoms with Gasteiger partial charge < -0.3 is 10.6 Å².